The van der Waals surface area contributed by atoms with Gasteiger partial charge in [0.1, 0.15) is 0 Å². The van der Waals surface area contributed by atoms with E-state index in [0.29, 0.717) is 5.56 Å². The summed E-state index contributed by atoms with van der Waals surface area (Å²) in [7, 11) is 0. The number of hydrogen-bond donors (Lipinski definition) is 2. The molecule has 106 valence electrons. The third kappa shape index (κ3) is 1.79. The molecule has 3 N–H and O–H groups in total. The lowest BCUT2D eigenvalue weighted by molar-refractivity contribution is 0.0697. The average molecular weight is 287 g/mol. The van der Waals surface area contributed by atoms with E-state index in [2.05, 4.69) is 12.1 Å². The Morgan fingerprint density at radius 3 is 1.91 bits per heavy atom. The van der Waals surface area contributed by atoms with E-state index < -0.39 is 5.97 Å². The predicted molar refractivity (Wildman–Crippen MR) is 90.3 cm³/mol. The molecule has 0 fully saturated rings. The van der Waals surface area contributed by atoms with Gasteiger partial charge in [-0.15, -0.1) is 0 Å². The van der Waals surface area contributed by atoms with E-state index in [4.69, 9.17) is 10.8 Å². The normalized spacial score (nSPS) is 11.3. The Labute approximate surface area is 126 Å². The zero-order valence-electron chi connectivity index (χ0n) is 11.7. The number of carbonyl (C=O) groups is 1. The largest absolute Gasteiger partial charge is 0.478 e. The summed E-state index contributed by atoms with van der Waals surface area (Å²) in [5, 5.41) is 15.6. The molecule has 22 heavy (non-hydrogen) atoms. The van der Waals surface area contributed by atoms with Crippen LogP contribution in [0.15, 0.2) is 60.7 Å². The predicted octanol–water partition coefficient (Wildman–Crippen LogP) is 4.43. The van der Waals surface area contributed by atoms with Crippen LogP contribution in [0, 0.1) is 0 Å². The fourth-order valence-electron chi connectivity index (χ4n) is 3.04. The molecule has 0 spiro atoms. The van der Waals surface area contributed by atoms with Gasteiger partial charge in [-0.3, -0.25) is 0 Å². The molecule has 0 saturated carbocycles. The Balaban J connectivity index is 2.12. The minimum absolute atomic E-state index is 0.306. The third-order valence-corrected chi connectivity index (χ3v) is 4.10. The highest BCUT2D eigenvalue weighted by Gasteiger charge is 2.08. The van der Waals surface area contributed by atoms with Crippen LogP contribution in [0.4, 0.5) is 5.69 Å². The lowest BCUT2D eigenvalue weighted by Gasteiger charge is -2.08. The minimum atomic E-state index is -0.906. The van der Waals surface area contributed by atoms with Crippen molar-refractivity contribution in [2.45, 2.75) is 0 Å². The van der Waals surface area contributed by atoms with E-state index in [1.54, 1.807) is 12.1 Å². The maximum absolute atomic E-state index is 11.1. The van der Waals surface area contributed by atoms with Gasteiger partial charge < -0.3 is 10.8 Å². The highest BCUT2D eigenvalue weighted by molar-refractivity contribution is 6.18. The molecule has 4 aromatic rings. The number of hydrogen-bond acceptors (Lipinski definition) is 2. The summed E-state index contributed by atoms with van der Waals surface area (Å²) in [4.78, 5) is 11.1. The number of carboxylic acid groups (broad SMARTS) is 1. The molecule has 0 amide bonds. The van der Waals surface area contributed by atoms with E-state index in [-0.39, 0.29) is 0 Å². The maximum atomic E-state index is 11.1. The van der Waals surface area contributed by atoms with Gasteiger partial charge in [0, 0.05) is 5.69 Å². The van der Waals surface area contributed by atoms with Crippen molar-refractivity contribution in [3.05, 3.63) is 66.2 Å². The first kappa shape index (κ1) is 12.7. The van der Waals surface area contributed by atoms with Crippen LogP contribution in [0.1, 0.15) is 10.4 Å². The lowest BCUT2D eigenvalue weighted by Crippen LogP contribution is -1.95. The molecule has 0 atom stereocenters. The molecule has 0 radical (unpaired) electrons. The Bertz CT molecular complexity index is 1070. The van der Waals surface area contributed by atoms with Gasteiger partial charge in [-0.2, -0.15) is 0 Å². The Morgan fingerprint density at radius 2 is 1.27 bits per heavy atom. The van der Waals surface area contributed by atoms with Gasteiger partial charge in [-0.1, -0.05) is 36.4 Å². The monoisotopic (exact) mass is 287 g/mol. The molecule has 0 aliphatic rings. The van der Waals surface area contributed by atoms with E-state index in [1.165, 1.54) is 0 Å². The molecule has 0 bridgehead atoms. The molecule has 0 aliphatic carbocycles. The fourth-order valence-corrected chi connectivity index (χ4v) is 3.04. The van der Waals surface area contributed by atoms with Crippen LogP contribution < -0.4 is 5.73 Å². The highest BCUT2D eigenvalue weighted by atomic mass is 16.4. The SMILES string of the molecule is Nc1ccc2c(ccc3c4ccc(C(=O)O)cc4ccc23)c1. The van der Waals surface area contributed by atoms with Crippen molar-refractivity contribution in [1.29, 1.82) is 0 Å². The van der Waals surface area contributed by atoms with Crippen molar-refractivity contribution in [3.8, 4) is 0 Å². The topological polar surface area (TPSA) is 63.3 Å². The molecule has 0 unspecified atom stereocenters. The summed E-state index contributed by atoms with van der Waals surface area (Å²) in [6.45, 7) is 0. The second-order valence-corrected chi connectivity index (χ2v) is 5.45. The van der Waals surface area contributed by atoms with E-state index in [9.17, 15) is 4.79 Å². The molecule has 4 aromatic carbocycles. The summed E-state index contributed by atoms with van der Waals surface area (Å²) in [6, 6.07) is 19.3. The summed E-state index contributed by atoms with van der Waals surface area (Å²) in [5.74, 6) is -0.906. The molecule has 0 saturated heterocycles. The molecular formula is C19H13NO2. The molecule has 0 heterocycles. The van der Waals surface area contributed by atoms with Gasteiger partial charge in [0.15, 0.2) is 0 Å². The van der Waals surface area contributed by atoms with Crippen molar-refractivity contribution in [2.24, 2.45) is 0 Å². The smallest absolute Gasteiger partial charge is 0.335 e. The van der Waals surface area contributed by atoms with Crippen LogP contribution >= 0.6 is 0 Å². The number of fused-ring (bicyclic) bond motifs is 5. The van der Waals surface area contributed by atoms with Crippen molar-refractivity contribution in [3.63, 3.8) is 0 Å². The van der Waals surface area contributed by atoms with Gasteiger partial charge in [-0.25, -0.2) is 4.79 Å². The van der Waals surface area contributed by atoms with Crippen molar-refractivity contribution in [2.75, 3.05) is 5.73 Å². The van der Waals surface area contributed by atoms with Gasteiger partial charge in [-0.05, 0) is 56.6 Å². The van der Waals surface area contributed by atoms with Gasteiger partial charge in [0.2, 0.25) is 0 Å². The van der Waals surface area contributed by atoms with E-state index in [1.807, 2.05) is 36.4 Å². The minimum Gasteiger partial charge on any atom is -0.478 e. The maximum Gasteiger partial charge on any atom is 0.335 e. The van der Waals surface area contributed by atoms with Crippen LogP contribution in [-0.4, -0.2) is 11.1 Å². The third-order valence-electron chi connectivity index (χ3n) is 4.10. The number of rotatable bonds is 1. The summed E-state index contributed by atoms with van der Waals surface area (Å²) >= 11 is 0. The second-order valence-electron chi connectivity index (χ2n) is 5.45. The van der Waals surface area contributed by atoms with E-state index >= 15 is 0 Å². The molecule has 3 heteroatoms. The van der Waals surface area contributed by atoms with Crippen molar-refractivity contribution in [1.82, 2.24) is 0 Å². The lowest BCUT2D eigenvalue weighted by atomic mass is 9.96. The zero-order chi connectivity index (χ0) is 15.3. The Hall–Kier alpha value is -3.07. The first-order valence-corrected chi connectivity index (χ1v) is 7.01. The fraction of sp³-hybridized carbons (Fsp3) is 0. The van der Waals surface area contributed by atoms with Crippen LogP contribution in [-0.2, 0) is 0 Å². The number of carboxylic acids is 1. The van der Waals surface area contributed by atoms with Crippen LogP contribution in [0.25, 0.3) is 32.3 Å². The summed E-state index contributed by atoms with van der Waals surface area (Å²) in [5.41, 5.74) is 6.90. The molecule has 4 rings (SSSR count). The number of nitrogen functional groups attached to an aromatic ring is 1. The van der Waals surface area contributed by atoms with Crippen molar-refractivity contribution < 1.29 is 9.90 Å². The van der Waals surface area contributed by atoms with Crippen LogP contribution in [0.5, 0.6) is 0 Å². The average Bonchev–Trinajstić information content (AvgIpc) is 2.53. The van der Waals surface area contributed by atoms with Crippen LogP contribution in [0.2, 0.25) is 0 Å². The molecule has 0 aliphatic heterocycles. The van der Waals surface area contributed by atoms with Gasteiger partial charge in [0.25, 0.3) is 0 Å². The highest BCUT2D eigenvalue weighted by Crippen LogP contribution is 2.32. The molecule has 3 nitrogen and oxygen atoms in total. The van der Waals surface area contributed by atoms with E-state index in [0.717, 1.165) is 38.0 Å². The molecular weight excluding hydrogens is 274 g/mol. The van der Waals surface area contributed by atoms with Gasteiger partial charge >= 0.3 is 5.97 Å². The number of aromatic carboxylic acids is 1. The standard InChI is InChI=1S/C19H13NO2/c20-14-4-8-16-12(10-14)2-7-17-15-5-3-13(19(21)22)9-11(15)1-6-18(16)17/h1-10H,20H2,(H,21,22). The zero-order valence-corrected chi connectivity index (χ0v) is 11.7. The van der Waals surface area contributed by atoms with Crippen molar-refractivity contribution >= 4 is 44.0 Å². The van der Waals surface area contributed by atoms with Gasteiger partial charge in [0.05, 0.1) is 5.56 Å². The quantitative estimate of drug-likeness (QED) is 0.402. The summed E-state index contributed by atoms with van der Waals surface area (Å²) in [6.07, 6.45) is 0. The second kappa shape index (κ2) is 4.46. The summed E-state index contributed by atoms with van der Waals surface area (Å²) < 4.78 is 0. The Morgan fingerprint density at radius 1 is 0.727 bits per heavy atom. The molecule has 0 aromatic heterocycles. The number of nitrogens with two attached hydrogens (primary N) is 1. The van der Waals surface area contributed by atoms with Crippen LogP contribution in [0.3, 0.4) is 0 Å². The first-order valence-electron chi connectivity index (χ1n) is 7.01. The Kier molecular flexibility index (Phi) is 2.57. The number of benzene rings is 4. The first-order chi connectivity index (χ1) is 10.6. The number of anilines is 1.